The van der Waals surface area contributed by atoms with E-state index in [1.165, 1.54) is 0 Å². The molecule has 0 saturated heterocycles. The van der Waals surface area contributed by atoms with Gasteiger partial charge in [-0.1, -0.05) is 59.3 Å². The van der Waals surface area contributed by atoms with Crippen molar-refractivity contribution in [1.82, 2.24) is 15.5 Å². The molecule has 0 aliphatic rings. The summed E-state index contributed by atoms with van der Waals surface area (Å²) < 4.78 is 5.25. The Balaban J connectivity index is 1.50. The van der Waals surface area contributed by atoms with Gasteiger partial charge in [-0.25, -0.2) is 0 Å². The average Bonchev–Trinajstić information content (AvgIpc) is 3.05. The third-order valence-electron chi connectivity index (χ3n) is 3.61. The molecule has 1 aromatic heterocycles. The number of aromatic nitrogens is 2. The summed E-state index contributed by atoms with van der Waals surface area (Å²) >= 11 is 0. The predicted molar refractivity (Wildman–Crippen MR) is 91.3 cm³/mol. The van der Waals surface area contributed by atoms with Gasteiger partial charge in [-0.05, 0) is 18.6 Å². The zero-order valence-electron chi connectivity index (χ0n) is 13.5. The topological polar surface area (TPSA) is 68.0 Å². The van der Waals surface area contributed by atoms with Crippen LogP contribution >= 0.6 is 0 Å². The summed E-state index contributed by atoms with van der Waals surface area (Å²) in [4.78, 5) is 16.3. The number of aryl methyl sites for hydroxylation is 1. The number of benzene rings is 2. The summed E-state index contributed by atoms with van der Waals surface area (Å²) in [5, 5.41) is 6.87. The molecule has 0 aliphatic heterocycles. The first-order valence-corrected chi connectivity index (χ1v) is 7.91. The van der Waals surface area contributed by atoms with Gasteiger partial charge in [-0.15, -0.1) is 0 Å². The van der Waals surface area contributed by atoms with Gasteiger partial charge < -0.3 is 9.84 Å². The second-order valence-corrected chi connectivity index (χ2v) is 5.64. The van der Waals surface area contributed by atoms with Crippen molar-refractivity contribution in [3.8, 4) is 11.4 Å². The fourth-order valence-corrected chi connectivity index (χ4v) is 2.41. The van der Waals surface area contributed by atoms with Crippen LogP contribution in [0.1, 0.15) is 17.0 Å². The number of nitrogens with one attached hydrogen (secondary N) is 1. The monoisotopic (exact) mass is 321 g/mol. The van der Waals surface area contributed by atoms with E-state index in [1.54, 1.807) is 0 Å². The summed E-state index contributed by atoms with van der Waals surface area (Å²) in [5.41, 5.74) is 3.07. The summed E-state index contributed by atoms with van der Waals surface area (Å²) in [7, 11) is 0. The van der Waals surface area contributed by atoms with Crippen molar-refractivity contribution in [3.05, 3.63) is 71.6 Å². The number of rotatable bonds is 6. The quantitative estimate of drug-likeness (QED) is 0.758. The minimum absolute atomic E-state index is 0.0142. The van der Waals surface area contributed by atoms with Gasteiger partial charge in [0.05, 0.1) is 6.42 Å². The number of amides is 1. The molecule has 0 saturated carbocycles. The van der Waals surface area contributed by atoms with Crippen LogP contribution < -0.4 is 5.32 Å². The fraction of sp³-hybridized carbons (Fsp3) is 0.211. The highest BCUT2D eigenvalue weighted by Crippen LogP contribution is 2.16. The molecule has 1 amide bonds. The maximum Gasteiger partial charge on any atom is 0.228 e. The maximum absolute atomic E-state index is 11.9. The van der Waals surface area contributed by atoms with E-state index < -0.39 is 0 Å². The van der Waals surface area contributed by atoms with Crippen molar-refractivity contribution in [2.24, 2.45) is 0 Å². The Hall–Kier alpha value is -2.95. The molecule has 0 spiro atoms. The molecule has 3 aromatic rings. The second kappa shape index (κ2) is 7.55. The van der Waals surface area contributed by atoms with E-state index in [2.05, 4.69) is 15.5 Å². The highest BCUT2D eigenvalue weighted by Gasteiger charge is 2.09. The molecule has 5 nitrogen and oxygen atoms in total. The smallest absolute Gasteiger partial charge is 0.228 e. The first-order chi connectivity index (χ1) is 11.7. The van der Waals surface area contributed by atoms with Gasteiger partial charge in [0.15, 0.2) is 0 Å². The Labute approximate surface area is 140 Å². The third-order valence-corrected chi connectivity index (χ3v) is 3.61. The van der Waals surface area contributed by atoms with Gasteiger partial charge in [0.1, 0.15) is 0 Å². The highest BCUT2D eigenvalue weighted by atomic mass is 16.5. The molecule has 1 N–H and O–H groups in total. The Morgan fingerprint density at radius 2 is 1.96 bits per heavy atom. The second-order valence-electron chi connectivity index (χ2n) is 5.64. The van der Waals surface area contributed by atoms with Crippen molar-refractivity contribution in [1.29, 1.82) is 0 Å². The van der Waals surface area contributed by atoms with Gasteiger partial charge in [-0.2, -0.15) is 4.98 Å². The number of hydrogen-bond donors (Lipinski definition) is 1. The molecule has 0 radical (unpaired) electrons. The molecule has 0 bridgehead atoms. The Morgan fingerprint density at radius 1 is 1.12 bits per heavy atom. The number of carbonyl (C=O) groups excluding carboxylic acids is 1. The van der Waals surface area contributed by atoms with E-state index in [4.69, 9.17) is 4.52 Å². The molecule has 3 rings (SSSR count). The van der Waals surface area contributed by atoms with E-state index in [0.29, 0.717) is 31.1 Å². The third kappa shape index (κ3) is 4.29. The first-order valence-electron chi connectivity index (χ1n) is 7.91. The molecule has 1 heterocycles. The lowest BCUT2D eigenvalue weighted by atomic mass is 10.1. The van der Waals surface area contributed by atoms with Gasteiger partial charge >= 0.3 is 0 Å². The summed E-state index contributed by atoms with van der Waals surface area (Å²) in [6.45, 7) is 2.49. The molecule has 5 heteroatoms. The van der Waals surface area contributed by atoms with Crippen LogP contribution in [0.4, 0.5) is 0 Å². The van der Waals surface area contributed by atoms with Crippen LogP contribution in [0.2, 0.25) is 0 Å². The van der Waals surface area contributed by atoms with Crippen LogP contribution in [0.3, 0.4) is 0 Å². The molecular formula is C19H19N3O2. The SMILES string of the molecule is Cc1cccc(-c2noc(CCNC(=O)Cc3ccccc3)n2)c1. The van der Waals surface area contributed by atoms with E-state index in [1.807, 2.05) is 61.5 Å². The van der Waals surface area contributed by atoms with Crippen molar-refractivity contribution < 1.29 is 9.32 Å². The molecule has 0 unspecified atom stereocenters. The van der Waals surface area contributed by atoms with E-state index in [-0.39, 0.29) is 5.91 Å². The van der Waals surface area contributed by atoms with Crippen molar-refractivity contribution >= 4 is 5.91 Å². The van der Waals surface area contributed by atoms with E-state index in [9.17, 15) is 4.79 Å². The molecule has 122 valence electrons. The van der Waals surface area contributed by atoms with Crippen LogP contribution in [-0.4, -0.2) is 22.6 Å². The van der Waals surface area contributed by atoms with Gasteiger partial charge in [0, 0.05) is 18.5 Å². The minimum Gasteiger partial charge on any atom is -0.355 e. The Bertz CT molecular complexity index is 812. The number of nitrogens with zero attached hydrogens (tertiary/aromatic N) is 2. The van der Waals surface area contributed by atoms with Crippen LogP contribution in [0.15, 0.2) is 59.1 Å². The van der Waals surface area contributed by atoms with Crippen molar-refractivity contribution in [3.63, 3.8) is 0 Å². The lowest BCUT2D eigenvalue weighted by molar-refractivity contribution is -0.120. The van der Waals surface area contributed by atoms with Gasteiger partial charge in [0.25, 0.3) is 0 Å². The van der Waals surface area contributed by atoms with Crippen LogP contribution in [0.25, 0.3) is 11.4 Å². The van der Waals surface area contributed by atoms with Gasteiger partial charge in [0.2, 0.25) is 17.6 Å². The fourth-order valence-electron chi connectivity index (χ4n) is 2.41. The van der Waals surface area contributed by atoms with Crippen LogP contribution in [0, 0.1) is 6.92 Å². The first kappa shape index (κ1) is 15.9. The van der Waals surface area contributed by atoms with E-state index in [0.717, 1.165) is 16.7 Å². The summed E-state index contributed by atoms with van der Waals surface area (Å²) in [6.07, 6.45) is 0.887. The average molecular weight is 321 g/mol. The van der Waals surface area contributed by atoms with Crippen LogP contribution in [0.5, 0.6) is 0 Å². The number of carbonyl (C=O) groups is 1. The highest BCUT2D eigenvalue weighted by molar-refractivity contribution is 5.78. The Morgan fingerprint density at radius 3 is 2.75 bits per heavy atom. The largest absolute Gasteiger partial charge is 0.355 e. The molecule has 0 aliphatic carbocycles. The molecular weight excluding hydrogens is 302 g/mol. The molecule has 2 aromatic carbocycles. The predicted octanol–water partition coefficient (Wildman–Crippen LogP) is 2.95. The molecule has 0 atom stereocenters. The normalized spacial score (nSPS) is 10.5. The zero-order chi connectivity index (χ0) is 16.8. The number of hydrogen-bond acceptors (Lipinski definition) is 4. The summed E-state index contributed by atoms with van der Waals surface area (Å²) in [5.74, 6) is 1.08. The lowest BCUT2D eigenvalue weighted by Gasteiger charge is -2.03. The minimum atomic E-state index is -0.0142. The Kier molecular flexibility index (Phi) is 5.01. The van der Waals surface area contributed by atoms with Crippen molar-refractivity contribution in [2.45, 2.75) is 19.8 Å². The maximum atomic E-state index is 11.9. The van der Waals surface area contributed by atoms with E-state index >= 15 is 0 Å². The molecule has 24 heavy (non-hydrogen) atoms. The zero-order valence-corrected chi connectivity index (χ0v) is 13.5. The molecule has 0 fully saturated rings. The van der Waals surface area contributed by atoms with Crippen LogP contribution in [-0.2, 0) is 17.6 Å². The standard InChI is InChI=1S/C19H19N3O2/c1-14-6-5-9-16(12-14)19-21-18(24-22-19)10-11-20-17(23)13-15-7-3-2-4-8-15/h2-9,12H,10-11,13H2,1H3,(H,20,23). The lowest BCUT2D eigenvalue weighted by Crippen LogP contribution is -2.27. The van der Waals surface area contributed by atoms with Gasteiger partial charge in [-0.3, -0.25) is 4.79 Å². The summed E-state index contributed by atoms with van der Waals surface area (Å²) in [6, 6.07) is 17.6. The van der Waals surface area contributed by atoms with Crippen molar-refractivity contribution in [2.75, 3.05) is 6.54 Å².